The van der Waals surface area contributed by atoms with E-state index in [4.69, 9.17) is 4.74 Å². The summed E-state index contributed by atoms with van der Waals surface area (Å²) in [6.07, 6.45) is -2.20. The number of esters is 1. The molecule has 33 heavy (non-hydrogen) atoms. The van der Waals surface area contributed by atoms with Gasteiger partial charge in [0.2, 0.25) is 10.0 Å². The van der Waals surface area contributed by atoms with E-state index in [1.165, 1.54) is 34.6 Å². The number of anilines is 1. The molecule has 0 saturated carbocycles. The molecule has 0 unspecified atom stereocenters. The van der Waals surface area contributed by atoms with Crippen molar-refractivity contribution < 1.29 is 35.9 Å². The maximum Gasteiger partial charge on any atom is 0.418 e. The number of carbonyl (C=O) groups is 2. The molecule has 2 aromatic carbocycles. The molecule has 0 atom stereocenters. The molecule has 2 aromatic rings. The third-order valence-corrected chi connectivity index (χ3v) is 7.12. The van der Waals surface area contributed by atoms with Gasteiger partial charge in [0.1, 0.15) is 0 Å². The Labute approximate surface area is 189 Å². The molecule has 1 amide bonds. The molecule has 0 bridgehead atoms. The minimum absolute atomic E-state index is 0.0448. The van der Waals surface area contributed by atoms with Crippen molar-refractivity contribution in [2.75, 3.05) is 25.0 Å². The van der Waals surface area contributed by atoms with Crippen LogP contribution in [-0.2, 0) is 25.7 Å². The summed E-state index contributed by atoms with van der Waals surface area (Å²) in [4.78, 5) is 24.5. The van der Waals surface area contributed by atoms with Crippen molar-refractivity contribution in [2.24, 2.45) is 0 Å². The van der Waals surface area contributed by atoms with E-state index in [1.807, 2.05) is 0 Å². The van der Waals surface area contributed by atoms with E-state index in [0.29, 0.717) is 18.7 Å². The van der Waals surface area contributed by atoms with Crippen molar-refractivity contribution in [1.82, 2.24) is 4.31 Å². The topological polar surface area (TPSA) is 92.8 Å². The number of halogens is 3. The number of carbonyl (C=O) groups excluding carboxylic acids is 2. The first-order chi connectivity index (χ1) is 15.5. The Kier molecular flexibility index (Phi) is 7.43. The number of alkyl halides is 3. The highest BCUT2D eigenvalue weighted by molar-refractivity contribution is 7.89. The van der Waals surface area contributed by atoms with E-state index in [-0.39, 0.29) is 10.5 Å². The number of nitrogens with zero attached hydrogens (tertiary/aromatic N) is 1. The molecule has 1 aliphatic heterocycles. The van der Waals surface area contributed by atoms with E-state index in [1.54, 1.807) is 6.92 Å². The van der Waals surface area contributed by atoms with Gasteiger partial charge in [-0.15, -0.1) is 0 Å². The van der Waals surface area contributed by atoms with Gasteiger partial charge in [0.15, 0.2) is 6.61 Å². The first-order valence-corrected chi connectivity index (χ1v) is 11.7. The lowest BCUT2D eigenvalue weighted by molar-refractivity contribution is -0.137. The van der Waals surface area contributed by atoms with Crippen LogP contribution in [-0.4, -0.2) is 44.3 Å². The molecule has 1 saturated heterocycles. The monoisotopic (exact) mass is 484 g/mol. The number of ether oxygens (including phenoxy) is 1. The van der Waals surface area contributed by atoms with Gasteiger partial charge in [-0.3, -0.25) is 4.79 Å². The number of aryl methyl sites for hydroxylation is 1. The normalized spacial score (nSPS) is 15.2. The minimum Gasteiger partial charge on any atom is -0.452 e. The molecule has 1 N–H and O–H groups in total. The van der Waals surface area contributed by atoms with E-state index < -0.39 is 45.9 Å². The zero-order chi connectivity index (χ0) is 24.2. The van der Waals surface area contributed by atoms with E-state index in [2.05, 4.69) is 5.32 Å². The van der Waals surface area contributed by atoms with Gasteiger partial charge in [-0.25, -0.2) is 13.2 Å². The molecule has 11 heteroatoms. The van der Waals surface area contributed by atoms with Crippen molar-refractivity contribution in [3.63, 3.8) is 0 Å². The summed E-state index contributed by atoms with van der Waals surface area (Å²) in [6, 6.07) is 8.48. The fraction of sp³-hybridized carbons (Fsp3) is 0.364. The largest absolute Gasteiger partial charge is 0.452 e. The summed E-state index contributed by atoms with van der Waals surface area (Å²) < 4.78 is 71.2. The van der Waals surface area contributed by atoms with E-state index in [9.17, 15) is 31.2 Å². The predicted octanol–water partition coefficient (Wildman–Crippen LogP) is 3.98. The van der Waals surface area contributed by atoms with Gasteiger partial charge >= 0.3 is 12.1 Å². The Bertz CT molecular complexity index is 1140. The summed E-state index contributed by atoms with van der Waals surface area (Å²) in [5.41, 5.74) is -1.11. The molecule has 7 nitrogen and oxygen atoms in total. The van der Waals surface area contributed by atoms with Gasteiger partial charge in [-0.2, -0.15) is 17.5 Å². The summed E-state index contributed by atoms with van der Waals surface area (Å²) in [5, 5.41) is 2.08. The second kappa shape index (κ2) is 9.92. The zero-order valence-electron chi connectivity index (χ0n) is 17.8. The number of rotatable bonds is 6. The van der Waals surface area contributed by atoms with Crippen LogP contribution in [0, 0.1) is 6.92 Å². The Balaban J connectivity index is 1.70. The SMILES string of the molecule is Cc1ccc(S(=O)(=O)N2CCCCC2)cc1C(=O)OCC(=O)Nc1ccccc1C(F)(F)F. The van der Waals surface area contributed by atoms with Crippen molar-refractivity contribution in [1.29, 1.82) is 0 Å². The van der Waals surface area contributed by atoms with Crippen LogP contribution in [0.2, 0.25) is 0 Å². The van der Waals surface area contributed by atoms with Gasteiger partial charge in [0.25, 0.3) is 5.91 Å². The third-order valence-electron chi connectivity index (χ3n) is 5.22. The maximum absolute atomic E-state index is 13.1. The van der Waals surface area contributed by atoms with Crippen LogP contribution >= 0.6 is 0 Å². The highest BCUT2D eigenvalue weighted by Gasteiger charge is 2.33. The second-order valence-corrected chi connectivity index (χ2v) is 9.55. The van der Waals surface area contributed by atoms with Gasteiger partial charge in [-0.1, -0.05) is 24.6 Å². The smallest absolute Gasteiger partial charge is 0.418 e. The number of para-hydroxylation sites is 1. The van der Waals surface area contributed by atoms with Crippen LogP contribution in [0.25, 0.3) is 0 Å². The Morgan fingerprint density at radius 2 is 1.73 bits per heavy atom. The number of nitrogens with one attached hydrogen (secondary N) is 1. The number of sulfonamides is 1. The average molecular weight is 484 g/mol. The van der Waals surface area contributed by atoms with Crippen LogP contribution in [0.3, 0.4) is 0 Å². The summed E-state index contributed by atoms with van der Waals surface area (Å²) in [6.45, 7) is 1.53. The first kappa shape index (κ1) is 24.7. The number of amides is 1. The quantitative estimate of drug-likeness (QED) is 0.626. The molecule has 1 fully saturated rings. The standard InChI is InChI=1S/C22H23F3N2O5S/c1-15-9-10-16(33(30,31)27-11-5-2-6-12-27)13-17(15)21(29)32-14-20(28)26-19-8-4-3-7-18(19)22(23,24)25/h3-4,7-10,13H,2,5-6,11-12,14H2,1H3,(H,26,28). The average Bonchev–Trinajstić information content (AvgIpc) is 2.78. The summed E-state index contributed by atoms with van der Waals surface area (Å²) in [7, 11) is -3.79. The van der Waals surface area contributed by atoms with Crippen molar-refractivity contribution >= 4 is 27.6 Å². The highest BCUT2D eigenvalue weighted by atomic mass is 32.2. The third kappa shape index (κ3) is 5.91. The van der Waals surface area contributed by atoms with Crippen LogP contribution < -0.4 is 5.32 Å². The lowest BCUT2D eigenvalue weighted by Crippen LogP contribution is -2.35. The Morgan fingerprint density at radius 3 is 2.39 bits per heavy atom. The Hall–Kier alpha value is -2.92. The van der Waals surface area contributed by atoms with Gasteiger partial charge in [-0.05, 0) is 49.6 Å². The van der Waals surface area contributed by atoms with Gasteiger partial charge < -0.3 is 10.1 Å². The summed E-state index contributed by atoms with van der Waals surface area (Å²) in [5.74, 6) is -1.92. The number of hydrogen-bond acceptors (Lipinski definition) is 5. The lowest BCUT2D eigenvalue weighted by Gasteiger charge is -2.26. The van der Waals surface area contributed by atoms with Crippen molar-refractivity contribution in [3.05, 3.63) is 59.2 Å². The summed E-state index contributed by atoms with van der Waals surface area (Å²) >= 11 is 0. The van der Waals surface area contributed by atoms with E-state index in [0.717, 1.165) is 31.4 Å². The fourth-order valence-corrected chi connectivity index (χ4v) is 5.01. The Morgan fingerprint density at radius 1 is 1.06 bits per heavy atom. The molecule has 1 heterocycles. The lowest BCUT2D eigenvalue weighted by atomic mass is 10.1. The number of benzene rings is 2. The minimum atomic E-state index is -4.67. The second-order valence-electron chi connectivity index (χ2n) is 7.61. The zero-order valence-corrected chi connectivity index (χ0v) is 18.6. The first-order valence-electron chi connectivity index (χ1n) is 10.2. The number of hydrogen-bond donors (Lipinski definition) is 1. The van der Waals surface area contributed by atoms with Gasteiger partial charge in [0.05, 0.1) is 21.7 Å². The molecule has 0 spiro atoms. The molecular weight excluding hydrogens is 461 g/mol. The fourth-order valence-electron chi connectivity index (χ4n) is 3.47. The molecule has 0 aromatic heterocycles. The maximum atomic E-state index is 13.1. The molecular formula is C22H23F3N2O5S. The van der Waals surface area contributed by atoms with Crippen molar-refractivity contribution in [3.8, 4) is 0 Å². The van der Waals surface area contributed by atoms with E-state index >= 15 is 0 Å². The van der Waals surface area contributed by atoms with Crippen molar-refractivity contribution in [2.45, 2.75) is 37.3 Å². The molecule has 0 radical (unpaired) electrons. The van der Waals surface area contributed by atoms with Crippen LogP contribution in [0.15, 0.2) is 47.4 Å². The highest BCUT2D eigenvalue weighted by Crippen LogP contribution is 2.34. The molecule has 0 aliphatic carbocycles. The van der Waals surface area contributed by atoms with Gasteiger partial charge in [0, 0.05) is 13.1 Å². The predicted molar refractivity (Wildman–Crippen MR) is 114 cm³/mol. The van der Waals surface area contributed by atoms with Crippen LogP contribution in [0.4, 0.5) is 18.9 Å². The molecule has 1 aliphatic rings. The number of piperidine rings is 1. The van der Waals surface area contributed by atoms with Crippen LogP contribution in [0.1, 0.15) is 40.7 Å². The molecule has 3 rings (SSSR count). The van der Waals surface area contributed by atoms with Crippen LogP contribution in [0.5, 0.6) is 0 Å². The molecule has 178 valence electrons.